The van der Waals surface area contributed by atoms with Crippen LogP contribution in [0.3, 0.4) is 0 Å². The summed E-state index contributed by atoms with van der Waals surface area (Å²) < 4.78 is 0. The molecule has 3 heterocycles. The Labute approximate surface area is 112 Å². The molecule has 0 aliphatic carbocycles. The van der Waals surface area contributed by atoms with Gasteiger partial charge in [-0.05, 0) is 25.0 Å². The van der Waals surface area contributed by atoms with E-state index in [0.717, 1.165) is 37.6 Å². The van der Waals surface area contributed by atoms with Crippen molar-refractivity contribution in [3.8, 4) is 0 Å². The van der Waals surface area contributed by atoms with Crippen molar-refractivity contribution in [2.75, 3.05) is 20.1 Å². The fourth-order valence-corrected chi connectivity index (χ4v) is 2.45. The Balaban J connectivity index is 0.00000147. The smallest absolute Gasteiger partial charge is 0.222 e. The number of hydrogen-bond donors (Lipinski definition) is 3. The lowest BCUT2D eigenvalue weighted by Gasteiger charge is -2.33. The molecule has 0 spiro atoms. The Kier molecular flexibility index (Phi) is 3.08. The molecule has 3 N–H and O–H groups in total. The summed E-state index contributed by atoms with van der Waals surface area (Å²) in [6.07, 6.45) is 5.57. The molecule has 8 heteroatoms. The molecule has 0 bridgehead atoms. The van der Waals surface area contributed by atoms with E-state index in [9.17, 15) is 4.79 Å². The van der Waals surface area contributed by atoms with Gasteiger partial charge in [0.2, 0.25) is 5.91 Å². The van der Waals surface area contributed by atoms with Crippen molar-refractivity contribution in [1.29, 1.82) is 0 Å². The highest BCUT2D eigenvalue weighted by molar-refractivity contribution is 6.05. The lowest BCUT2D eigenvalue weighted by atomic mass is 9.96. The molecule has 1 fully saturated rings. The molecule has 0 saturated carbocycles. The van der Waals surface area contributed by atoms with Crippen LogP contribution in [0, 0.1) is 5.92 Å². The zero-order chi connectivity index (χ0) is 13.2. The van der Waals surface area contributed by atoms with E-state index in [2.05, 4.69) is 31.5 Å². The summed E-state index contributed by atoms with van der Waals surface area (Å²) in [4.78, 5) is 13.8. The van der Waals surface area contributed by atoms with Gasteiger partial charge in [-0.2, -0.15) is 5.12 Å². The quantitative estimate of drug-likeness (QED) is 0.579. The Morgan fingerprint density at radius 2 is 2.16 bits per heavy atom. The molecule has 8 nitrogen and oxygen atoms in total. The summed E-state index contributed by atoms with van der Waals surface area (Å²) in [6, 6.07) is 0. The molecule has 1 saturated heterocycles. The number of nitrogens with zero attached hydrogens (tertiary/aromatic N) is 4. The molecule has 0 atom stereocenters. The number of nitrogens with one attached hydrogen (secondary N) is 3. The Bertz CT molecular complexity index is 467. The molecule has 1 amide bonds. The van der Waals surface area contributed by atoms with Crippen LogP contribution >= 0.6 is 0 Å². The van der Waals surface area contributed by atoms with E-state index in [-0.39, 0.29) is 13.3 Å². The predicted octanol–water partition coefficient (Wildman–Crippen LogP) is -0.788. The lowest BCUT2D eigenvalue weighted by Crippen LogP contribution is -2.45. The molecule has 19 heavy (non-hydrogen) atoms. The number of rotatable bonds is 1. The molecular formula is C11H19N7O. The molecule has 0 aromatic rings. The zero-order valence-electron chi connectivity index (χ0n) is 10.8. The molecule has 0 unspecified atom stereocenters. The van der Waals surface area contributed by atoms with Crippen LogP contribution in [0.5, 0.6) is 0 Å². The van der Waals surface area contributed by atoms with Gasteiger partial charge in [-0.3, -0.25) is 4.79 Å². The van der Waals surface area contributed by atoms with Gasteiger partial charge >= 0.3 is 0 Å². The summed E-state index contributed by atoms with van der Waals surface area (Å²) in [5, 5.41) is 12.8. The zero-order valence-corrected chi connectivity index (χ0v) is 10.8. The van der Waals surface area contributed by atoms with Crippen LogP contribution in [-0.2, 0) is 4.79 Å². The number of hydrazine groups is 2. The SMILES string of the molecule is CNC(=O)C1CCN(C2=NN3NNN=C3C=C2)CC1.[HH]. The van der Waals surface area contributed by atoms with Gasteiger partial charge in [0.1, 0.15) is 0 Å². The summed E-state index contributed by atoms with van der Waals surface area (Å²) in [7, 11) is 1.69. The van der Waals surface area contributed by atoms with Crippen LogP contribution in [0.15, 0.2) is 22.4 Å². The molecule has 104 valence electrons. The number of fused-ring (bicyclic) bond motifs is 1. The highest BCUT2D eigenvalue weighted by Crippen LogP contribution is 2.19. The minimum absolute atomic E-state index is 0. The third-order valence-corrected chi connectivity index (χ3v) is 3.56. The monoisotopic (exact) mass is 265 g/mol. The molecule has 3 rings (SSSR count). The van der Waals surface area contributed by atoms with Crippen LogP contribution in [0.4, 0.5) is 0 Å². The summed E-state index contributed by atoms with van der Waals surface area (Å²) >= 11 is 0. The summed E-state index contributed by atoms with van der Waals surface area (Å²) in [6.45, 7) is 1.68. The molecule has 3 aliphatic rings. The van der Waals surface area contributed by atoms with Crippen molar-refractivity contribution < 1.29 is 6.22 Å². The van der Waals surface area contributed by atoms with Crippen molar-refractivity contribution in [1.82, 2.24) is 26.4 Å². The largest absolute Gasteiger partial charge is 0.359 e. The standard InChI is InChI=1S/C11H17N7O.H2/c1-12-11(19)8-4-6-17(7-5-8)10-3-2-9-13-15-16-18(9)14-10;/h2-3,8,15-16H,4-7H2,1H3,(H,12,19);1H. The maximum atomic E-state index is 11.6. The molecule has 0 aromatic carbocycles. The minimum Gasteiger partial charge on any atom is -0.359 e. The third-order valence-electron chi connectivity index (χ3n) is 3.56. The normalized spacial score (nSPS) is 22.6. The average Bonchev–Trinajstić information content (AvgIpc) is 2.94. The Hall–Kier alpha value is -2.09. The predicted molar refractivity (Wildman–Crippen MR) is 72.6 cm³/mol. The molecular weight excluding hydrogens is 246 g/mol. The first-order valence-corrected chi connectivity index (χ1v) is 6.39. The number of likely N-dealkylation sites (tertiary alicyclic amines) is 1. The second kappa shape index (κ2) is 4.88. The third kappa shape index (κ3) is 2.26. The second-order valence-electron chi connectivity index (χ2n) is 4.67. The van der Waals surface area contributed by atoms with Gasteiger partial charge in [0.25, 0.3) is 0 Å². The maximum Gasteiger partial charge on any atom is 0.222 e. The average molecular weight is 265 g/mol. The van der Waals surface area contributed by atoms with Crippen molar-refractivity contribution in [2.24, 2.45) is 16.1 Å². The van der Waals surface area contributed by atoms with E-state index in [1.807, 2.05) is 12.2 Å². The first-order chi connectivity index (χ1) is 9.28. The Morgan fingerprint density at radius 3 is 2.89 bits per heavy atom. The second-order valence-corrected chi connectivity index (χ2v) is 4.67. The van der Waals surface area contributed by atoms with Crippen molar-refractivity contribution in [3.63, 3.8) is 0 Å². The fourth-order valence-electron chi connectivity index (χ4n) is 2.45. The van der Waals surface area contributed by atoms with Crippen molar-refractivity contribution in [3.05, 3.63) is 12.2 Å². The van der Waals surface area contributed by atoms with Gasteiger partial charge in [-0.25, -0.2) is 5.53 Å². The van der Waals surface area contributed by atoms with Crippen LogP contribution in [0.2, 0.25) is 0 Å². The minimum atomic E-state index is 0. The first-order valence-electron chi connectivity index (χ1n) is 6.39. The van der Waals surface area contributed by atoms with Gasteiger partial charge < -0.3 is 10.2 Å². The highest BCUT2D eigenvalue weighted by atomic mass is 16.1. The van der Waals surface area contributed by atoms with E-state index in [1.165, 1.54) is 0 Å². The fraction of sp³-hybridized carbons (Fsp3) is 0.545. The number of carbonyl (C=O) groups is 1. The van der Waals surface area contributed by atoms with E-state index in [1.54, 1.807) is 12.2 Å². The van der Waals surface area contributed by atoms with E-state index in [4.69, 9.17) is 0 Å². The topological polar surface area (TPSA) is 84.4 Å². The lowest BCUT2D eigenvalue weighted by molar-refractivity contribution is -0.125. The number of piperidine rings is 1. The van der Waals surface area contributed by atoms with E-state index >= 15 is 0 Å². The van der Waals surface area contributed by atoms with Gasteiger partial charge in [-0.15, -0.1) is 15.7 Å². The number of amides is 1. The van der Waals surface area contributed by atoms with Crippen LogP contribution in [0.1, 0.15) is 14.3 Å². The first kappa shape index (κ1) is 12.0. The molecule has 0 radical (unpaired) electrons. The van der Waals surface area contributed by atoms with Crippen molar-refractivity contribution >= 4 is 17.6 Å². The number of hydrogen-bond acceptors (Lipinski definition) is 7. The van der Waals surface area contributed by atoms with Crippen LogP contribution in [-0.4, -0.2) is 47.7 Å². The van der Waals surface area contributed by atoms with Gasteiger partial charge in [0.15, 0.2) is 11.7 Å². The summed E-state index contributed by atoms with van der Waals surface area (Å²) in [5.41, 5.74) is 5.47. The Morgan fingerprint density at radius 1 is 1.42 bits per heavy atom. The number of hydrazone groups is 2. The van der Waals surface area contributed by atoms with Crippen LogP contribution < -0.4 is 16.4 Å². The van der Waals surface area contributed by atoms with E-state index in [0.29, 0.717) is 0 Å². The molecule has 0 aromatic heterocycles. The van der Waals surface area contributed by atoms with Crippen LogP contribution in [0.25, 0.3) is 0 Å². The van der Waals surface area contributed by atoms with Gasteiger partial charge in [-0.1, -0.05) is 0 Å². The van der Waals surface area contributed by atoms with E-state index < -0.39 is 0 Å². The summed E-state index contributed by atoms with van der Waals surface area (Å²) in [5.74, 6) is 1.90. The highest BCUT2D eigenvalue weighted by Gasteiger charge is 2.27. The van der Waals surface area contributed by atoms with Gasteiger partial charge in [0, 0.05) is 27.5 Å². The molecule has 3 aliphatic heterocycles. The van der Waals surface area contributed by atoms with Gasteiger partial charge in [0.05, 0.1) is 0 Å². The number of carbonyl (C=O) groups excluding carboxylic acids is 1. The maximum absolute atomic E-state index is 11.6. The van der Waals surface area contributed by atoms with Crippen molar-refractivity contribution in [2.45, 2.75) is 12.8 Å². The number of amidine groups is 2.